The Morgan fingerprint density at radius 3 is 2.71 bits per heavy atom. The summed E-state index contributed by atoms with van der Waals surface area (Å²) < 4.78 is 0. The summed E-state index contributed by atoms with van der Waals surface area (Å²) in [6, 6.07) is 15.9. The third-order valence-electron chi connectivity index (χ3n) is 3.93. The van der Waals surface area contributed by atoms with E-state index < -0.39 is 0 Å². The summed E-state index contributed by atoms with van der Waals surface area (Å²) in [4.78, 5) is 25.2. The summed E-state index contributed by atoms with van der Waals surface area (Å²) >= 11 is 1.45. The smallest absolute Gasteiger partial charge is 0.238 e. The number of thioether (sulfide) groups is 1. The second-order valence-corrected chi connectivity index (χ2v) is 7.13. The Morgan fingerprint density at radius 2 is 1.92 bits per heavy atom. The van der Waals surface area contributed by atoms with Gasteiger partial charge in [-0.15, -0.1) is 11.8 Å². The maximum Gasteiger partial charge on any atom is 0.238 e. The molecule has 24 heavy (non-hydrogen) atoms. The minimum Gasteiger partial charge on any atom is -0.356 e. The molecule has 0 bridgehead atoms. The molecule has 0 fully saturated rings. The molecule has 2 amide bonds. The topological polar surface area (TPSA) is 58.2 Å². The molecule has 0 radical (unpaired) electrons. The highest BCUT2D eigenvalue weighted by Crippen LogP contribution is 2.36. The molecule has 0 unspecified atom stereocenters. The predicted octanol–water partition coefficient (Wildman–Crippen LogP) is 3.16. The highest BCUT2D eigenvalue weighted by Gasteiger charge is 2.28. The fourth-order valence-corrected chi connectivity index (χ4v) is 3.68. The Bertz CT molecular complexity index is 743. The number of anilines is 1. The highest BCUT2D eigenvalue weighted by molar-refractivity contribution is 8.01. The van der Waals surface area contributed by atoms with Crippen LogP contribution in [0.5, 0.6) is 0 Å². The van der Waals surface area contributed by atoms with Gasteiger partial charge in [-0.05, 0) is 31.0 Å². The molecule has 1 heterocycles. The van der Waals surface area contributed by atoms with Crippen LogP contribution >= 0.6 is 11.8 Å². The average molecular weight is 340 g/mol. The third kappa shape index (κ3) is 4.17. The molecule has 2 aromatic carbocycles. The van der Waals surface area contributed by atoms with Crippen molar-refractivity contribution in [1.82, 2.24) is 5.32 Å². The quantitative estimate of drug-likeness (QED) is 0.879. The van der Waals surface area contributed by atoms with Crippen LogP contribution in [0.15, 0.2) is 53.4 Å². The second-order valence-electron chi connectivity index (χ2n) is 5.88. The number of hydrogen-bond acceptors (Lipinski definition) is 3. The van der Waals surface area contributed by atoms with Crippen molar-refractivity contribution < 1.29 is 9.59 Å². The van der Waals surface area contributed by atoms with Crippen molar-refractivity contribution in [3.63, 3.8) is 0 Å². The van der Waals surface area contributed by atoms with Crippen LogP contribution in [0.3, 0.4) is 0 Å². The van der Waals surface area contributed by atoms with Gasteiger partial charge in [-0.25, -0.2) is 0 Å². The monoisotopic (exact) mass is 340 g/mol. The van der Waals surface area contributed by atoms with Crippen LogP contribution in [0, 0.1) is 6.92 Å². The lowest BCUT2D eigenvalue weighted by molar-refractivity contribution is -0.124. The van der Waals surface area contributed by atoms with Gasteiger partial charge in [0.2, 0.25) is 11.8 Å². The van der Waals surface area contributed by atoms with Crippen LogP contribution in [0.4, 0.5) is 5.69 Å². The van der Waals surface area contributed by atoms with Crippen LogP contribution in [-0.2, 0) is 16.0 Å². The first-order valence-corrected chi connectivity index (χ1v) is 8.88. The Kier molecular flexibility index (Phi) is 5.20. The number of hydrogen-bond donors (Lipinski definition) is 2. The van der Waals surface area contributed by atoms with Gasteiger partial charge in [0.1, 0.15) is 0 Å². The molecule has 0 aromatic heterocycles. The van der Waals surface area contributed by atoms with E-state index in [1.54, 1.807) is 0 Å². The summed E-state index contributed by atoms with van der Waals surface area (Å²) in [5.41, 5.74) is 3.24. The molecule has 3 rings (SSSR count). The summed E-state index contributed by atoms with van der Waals surface area (Å²) in [6.07, 6.45) is 0.984. The van der Waals surface area contributed by atoms with Gasteiger partial charge in [-0.2, -0.15) is 0 Å². The Balaban J connectivity index is 1.48. The number of fused-ring (bicyclic) bond motifs is 1. The maximum atomic E-state index is 12.1. The summed E-state index contributed by atoms with van der Waals surface area (Å²) in [5, 5.41) is 5.39. The van der Waals surface area contributed by atoms with Gasteiger partial charge < -0.3 is 10.6 Å². The molecular formula is C19H20N2O2S. The van der Waals surface area contributed by atoms with E-state index in [4.69, 9.17) is 0 Å². The van der Waals surface area contributed by atoms with Crippen LogP contribution in [0.25, 0.3) is 0 Å². The van der Waals surface area contributed by atoms with Crippen molar-refractivity contribution in [1.29, 1.82) is 0 Å². The molecule has 1 aliphatic heterocycles. The van der Waals surface area contributed by atoms with Gasteiger partial charge >= 0.3 is 0 Å². The zero-order chi connectivity index (χ0) is 16.9. The Labute approximate surface area is 146 Å². The molecule has 4 nitrogen and oxygen atoms in total. The second kappa shape index (κ2) is 7.53. The van der Waals surface area contributed by atoms with Crippen molar-refractivity contribution in [2.45, 2.75) is 29.9 Å². The van der Waals surface area contributed by atoms with Gasteiger partial charge in [0.15, 0.2) is 0 Å². The lowest BCUT2D eigenvalue weighted by atomic mass is 10.1. The molecule has 124 valence electrons. The number of carbonyl (C=O) groups is 2. The molecule has 0 aliphatic carbocycles. The van der Waals surface area contributed by atoms with Gasteiger partial charge in [-0.1, -0.05) is 42.0 Å². The van der Waals surface area contributed by atoms with Crippen molar-refractivity contribution >= 4 is 29.3 Å². The third-order valence-corrected chi connectivity index (χ3v) is 5.21. The molecular weight excluding hydrogens is 320 g/mol. The summed E-state index contributed by atoms with van der Waals surface area (Å²) in [5.74, 6) is -0.193. The van der Waals surface area contributed by atoms with E-state index in [0.717, 1.165) is 17.0 Å². The first-order valence-electron chi connectivity index (χ1n) is 8.00. The predicted molar refractivity (Wildman–Crippen MR) is 97.2 cm³/mol. The van der Waals surface area contributed by atoms with Gasteiger partial charge in [0.25, 0.3) is 0 Å². The van der Waals surface area contributed by atoms with Gasteiger partial charge in [-0.3, -0.25) is 9.59 Å². The van der Waals surface area contributed by atoms with Crippen LogP contribution < -0.4 is 10.6 Å². The van der Waals surface area contributed by atoms with E-state index in [9.17, 15) is 9.59 Å². The average Bonchev–Trinajstić information content (AvgIpc) is 2.57. The van der Waals surface area contributed by atoms with Crippen LogP contribution in [0.2, 0.25) is 0 Å². The van der Waals surface area contributed by atoms with Crippen molar-refractivity contribution in [3.05, 3.63) is 59.7 Å². The molecule has 0 saturated heterocycles. The molecule has 2 N–H and O–H groups in total. The normalized spacial score (nSPS) is 16.2. The van der Waals surface area contributed by atoms with E-state index in [-0.39, 0.29) is 23.5 Å². The van der Waals surface area contributed by atoms with E-state index in [1.807, 2.05) is 24.3 Å². The van der Waals surface area contributed by atoms with E-state index >= 15 is 0 Å². The highest BCUT2D eigenvalue weighted by atomic mass is 32.2. The number of aryl methyl sites for hydroxylation is 1. The fourth-order valence-electron chi connectivity index (χ4n) is 2.57. The van der Waals surface area contributed by atoms with Crippen LogP contribution in [0.1, 0.15) is 17.5 Å². The van der Waals surface area contributed by atoms with Gasteiger partial charge in [0, 0.05) is 17.9 Å². The molecule has 0 spiro atoms. The number of benzene rings is 2. The van der Waals surface area contributed by atoms with Crippen molar-refractivity contribution in [2.24, 2.45) is 0 Å². The van der Waals surface area contributed by atoms with Crippen molar-refractivity contribution in [3.8, 4) is 0 Å². The first-order chi connectivity index (χ1) is 11.6. The van der Waals surface area contributed by atoms with Crippen LogP contribution in [-0.4, -0.2) is 23.6 Å². The Hall–Kier alpha value is -2.27. The minimum absolute atomic E-state index is 0.0888. The van der Waals surface area contributed by atoms with E-state index in [0.29, 0.717) is 6.54 Å². The maximum absolute atomic E-state index is 12.1. The standard InChI is InChI=1S/C19H20N2O2S/c1-13-6-8-14(9-7-13)10-11-20-18(22)12-17-19(23)21-15-4-2-3-5-16(15)24-17/h2-9,17H,10-12H2,1H3,(H,20,22)(H,21,23)/t17-/m1/s1. The molecule has 1 atom stereocenters. The number of carbonyl (C=O) groups excluding carboxylic acids is 2. The lowest BCUT2D eigenvalue weighted by Gasteiger charge is -2.23. The summed E-state index contributed by atoms with van der Waals surface area (Å²) in [6.45, 7) is 2.63. The largest absolute Gasteiger partial charge is 0.356 e. The van der Waals surface area contributed by atoms with E-state index in [1.165, 1.54) is 22.9 Å². The minimum atomic E-state index is -0.376. The van der Waals surface area contributed by atoms with Gasteiger partial charge in [0.05, 0.1) is 10.9 Å². The number of nitrogens with one attached hydrogen (secondary N) is 2. The SMILES string of the molecule is Cc1ccc(CCNC(=O)C[C@H]2Sc3ccccc3NC2=O)cc1. The zero-order valence-corrected chi connectivity index (χ0v) is 14.4. The zero-order valence-electron chi connectivity index (χ0n) is 13.5. The molecule has 5 heteroatoms. The number of amides is 2. The summed E-state index contributed by atoms with van der Waals surface area (Å²) in [7, 11) is 0. The molecule has 2 aromatic rings. The number of para-hydroxylation sites is 1. The molecule has 1 aliphatic rings. The van der Waals surface area contributed by atoms with Crippen molar-refractivity contribution in [2.75, 3.05) is 11.9 Å². The fraction of sp³-hybridized carbons (Fsp3) is 0.263. The Morgan fingerprint density at radius 1 is 1.17 bits per heavy atom. The lowest BCUT2D eigenvalue weighted by Crippen LogP contribution is -2.35. The first kappa shape index (κ1) is 16.6. The van der Waals surface area contributed by atoms with E-state index in [2.05, 4.69) is 41.8 Å². The molecule has 0 saturated carbocycles. The number of rotatable bonds is 5.